The number of hydrogen-bond donors (Lipinski definition) is 1. The predicted molar refractivity (Wildman–Crippen MR) is 92.8 cm³/mol. The van der Waals surface area contributed by atoms with E-state index in [1.54, 1.807) is 17.9 Å². The normalized spacial score (nSPS) is 20.9. The van der Waals surface area contributed by atoms with Crippen LogP contribution < -0.4 is 5.32 Å². The molecule has 3 amide bonds. The number of nitrogens with one attached hydrogen (secondary N) is 1. The SMILES string of the molecule is CC(C)(C)c1ccc(C2(C)NC(=O)N(CCn3cncn3)C2=O)cc1. The van der Waals surface area contributed by atoms with E-state index in [4.69, 9.17) is 0 Å². The smallest absolute Gasteiger partial charge is 0.319 e. The average molecular weight is 341 g/mol. The number of aromatic nitrogens is 3. The first-order valence-corrected chi connectivity index (χ1v) is 8.29. The minimum atomic E-state index is -1.05. The maximum Gasteiger partial charge on any atom is 0.325 e. The van der Waals surface area contributed by atoms with Crippen LogP contribution in [0.3, 0.4) is 0 Å². The number of rotatable bonds is 4. The molecule has 1 saturated heterocycles. The maximum absolute atomic E-state index is 12.9. The van der Waals surface area contributed by atoms with Crippen LogP contribution >= 0.6 is 0 Å². The van der Waals surface area contributed by atoms with Crippen LogP contribution in [0.1, 0.15) is 38.8 Å². The summed E-state index contributed by atoms with van der Waals surface area (Å²) in [5.74, 6) is -0.249. The lowest BCUT2D eigenvalue weighted by Gasteiger charge is -2.24. The maximum atomic E-state index is 12.9. The molecule has 0 aliphatic carbocycles. The average Bonchev–Trinajstić information content (AvgIpc) is 3.14. The first kappa shape index (κ1) is 17.1. The van der Waals surface area contributed by atoms with Crippen molar-refractivity contribution in [1.29, 1.82) is 0 Å². The Morgan fingerprint density at radius 2 is 1.80 bits per heavy atom. The van der Waals surface area contributed by atoms with Crippen molar-refractivity contribution in [1.82, 2.24) is 25.0 Å². The van der Waals surface area contributed by atoms with Crippen molar-refractivity contribution in [2.45, 2.75) is 45.2 Å². The van der Waals surface area contributed by atoms with Gasteiger partial charge in [0.2, 0.25) is 0 Å². The summed E-state index contributed by atoms with van der Waals surface area (Å²) in [5.41, 5.74) is 0.948. The number of carbonyl (C=O) groups is 2. The molecule has 7 heteroatoms. The summed E-state index contributed by atoms with van der Waals surface area (Å²) in [7, 11) is 0. The third-order valence-electron chi connectivity index (χ3n) is 4.62. The summed E-state index contributed by atoms with van der Waals surface area (Å²) in [5, 5.41) is 6.82. The van der Waals surface area contributed by atoms with E-state index < -0.39 is 5.54 Å². The van der Waals surface area contributed by atoms with Gasteiger partial charge in [-0.3, -0.25) is 14.4 Å². The third-order valence-corrected chi connectivity index (χ3v) is 4.62. The van der Waals surface area contributed by atoms with E-state index in [2.05, 4.69) is 36.2 Å². The monoisotopic (exact) mass is 341 g/mol. The van der Waals surface area contributed by atoms with Crippen LogP contribution in [0, 0.1) is 0 Å². The predicted octanol–water partition coefficient (Wildman–Crippen LogP) is 2.04. The molecule has 1 aromatic carbocycles. The highest BCUT2D eigenvalue weighted by Gasteiger charge is 2.48. The zero-order valence-corrected chi connectivity index (χ0v) is 15.0. The number of urea groups is 1. The summed E-state index contributed by atoms with van der Waals surface area (Å²) in [6.45, 7) is 8.82. The Labute approximate surface area is 147 Å². The van der Waals surface area contributed by atoms with Gasteiger partial charge in [-0.25, -0.2) is 9.78 Å². The second-order valence-electron chi connectivity index (χ2n) is 7.50. The highest BCUT2D eigenvalue weighted by atomic mass is 16.2. The van der Waals surface area contributed by atoms with Crippen LogP contribution in [0.25, 0.3) is 0 Å². The van der Waals surface area contributed by atoms with E-state index in [0.29, 0.717) is 6.54 Å². The van der Waals surface area contributed by atoms with E-state index in [1.807, 2.05) is 24.3 Å². The van der Waals surface area contributed by atoms with Gasteiger partial charge in [0.15, 0.2) is 0 Å². The molecule has 2 heterocycles. The lowest BCUT2D eigenvalue weighted by atomic mass is 9.84. The Bertz CT molecular complexity index is 777. The Morgan fingerprint density at radius 1 is 1.12 bits per heavy atom. The van der Waals surface area contributed by atoms with Gasteiger partial charge >= 0.3 is 6.03 Å². The van der Waals surface area contributed by atoms with Crippen molar-refractivity contribution in [3.05, 3.63) is 48.0 Å². The molecule has 2 aromatic rings. The first-order chi connectivity index (χ1) is 11.7. The fourth-order valence-electron chi connectivity index (χ4n) is 2.95. The van der Waals surface area contributed by atoms with E-state index in [1.165, 1.54) is 16.8 Å². The van der Waals surface area contributed by atoms with Crippen LogP contribution in [0.15, 0.2) is 36.9 Å². The molecule has 7 nitrogen and oxygen atoms in total. The van der Waals surface area contributed by atoms with Crippen molar-refractivity contribution in [3.8, 4) is 0 Å². The lowest BCUT2D eigenvalue weighted by Crippen LogP contribution is -2.41. The molecule has 3 rings (SSSR count). The summed E-state index contributed by atoms with van der Waals surface area (Å²) < 4.78 is 1.59. The lowest BCUT2D eigenvalue weighted by molar-refractivity contribution is -0.131. The Morgan fingerprint density at radius 3 is 2.36 bits per heavy atom. The molecule has 0 spiro atoms. The van der Waals surface area contributed by atoms with Gasteiger partial charge in [-0.05, 0) is 23.5 Å². The molecule has 132 valence electrons. The molecule has 1 fully saturated rings. The second-order valence-corrected chi connectivity index (χ2v) is 7.50. The van der Waals surface area contributed by atoms with E-state index in [0.717, 1.165) is 5.56 Å². The van der Waals surface area contributed by atoms with Crippen molar-refractivity contribution in [3.63, 3.8) is 0 Å². The molecule has 1 aliphatic heterocycles. The number of imide groups is 1. The highest BCUT2D eigenvalue weighted by molar-refractivity contribution is 6.07. The number of hydrogen-bond acceptors (Lipinski definition) is 4. The Balaban J connectivity index is 1.79. The van der Waals surface area contributed by atoms with Gasteiger partial charge in [0.1, 0.15) is 18.2 Å². The molecule has 1 unspecified atom stereocenters. The minimum absolute atomic E-state index is 0.0339. The van der Waals surface area contributed by atoms with Crippen LogP contribution in [0.2, 0.25) is 0 Å². The number of nitrogens with zero attached hydrogens (tertiary/aromatic N) is 4. The van der Waals surface area contributed by atoms with Crippen LogP contribution in [0.4, 0.5) is 4.79 Å². The summed E-state index contributed by atoms with van der Waals surface area (Å²) in [4.78, 5) is 30.3. The molecule has 0 radical (unpaired) electrons. The molecule has 0 saturated carbocycles. The first-order valence-electron chi connectivity index (χ1n) is 8.29. The Hall–Kier alpha value is -2.70. The van der Waals surface area contributed by atoms with Crippen LogP contribution in [-0.4, -0.2) is 38.1 Å². The number of amides is 3. The van der Waals surface area contributed by atoms with E-state index >= 15 is 0 Å². The fourth-order valence-corrected chi connectivity index (χ4v) is 2.95. The van der Waals surface area contributed by atoms with Gasteiger partial charge < -0.3 is 5.32 Å². The summed E-state index contributed by atoms with van der Waals surface area (Å²) >= 11 is 0. The molecular weight excluding hydrogens is 318 g/mol. The molecular formula is C18H23N5O2. The fraction of sp³-hybridized carbons (Fsp3) is 0.444. The second kappa shape index (κ2) is 5.98. The minimum Gasteiger partial charge on any atom is -0.319 e. The van der Waals surface area contributed by atoms with Crippen LogP contribution in [-0.2, 0) is 22.3 Å². The molecule has 1 N–H and O–H groups in total. The topological polar surface area (TPSA) is 80.1 Å². The number of benzene rings is 1. The highest BCUT2D eigenvalue weighted by Crippen LogP contribution is 2.31. The van der Waals surface area contributed by atoms with Gasteiger partial charge in [0, 0.05) is 0 Å². The standard InChI is InChI=1S/C18H23N5O2/c1-17(2,3)13-5-7-14(8-6-13)18(4)15(24)23(16(25)21-18)10-9-22-12-19-11-20-22/h5-8,11-12H,9-10H2,1-4H3,(H,21,25). The van der Waals surface area contributed by atoms with Crippen molar-refractivity contribution >= 4 is 11.9 Å². The van der Waals surface area contributed by atoms with Crippen molar-refractivity contribution < 1.29 is 9.59 Å². The van der Waals surface area contributed by atoms with Gasteiger partial charge in [0.05, 0.1) is 13.1 Å². The van der Waals surface area contributed by atoms with Gasteiger partial charge in [0.25, 0.3) is 5.91 Å². The number of carbonyl (C=O) groups excluding carboxylic acids is 2. The molecule has 0 bridgehead atoms. The van der Waals surface area contributed by atoms with Crippen LogP contribution in [0.5, 0.6) is 0 Å². The molecule has 25 heavy (non-hydrogen) atoms. The van der Waals surface area contributed by atoms with E-state index in [9.17, 15) is 9.59 Å². The molecule has 1 aliphatic rings. The van der Waals surface area contributed by atoms with Crippen molar-refractivity contribution in [2.24, 2.45) is 0 Å². The quantitative estimate of drug-likeness (QED) is 0.863. The molecule has 1 aromatic heterocycles. The van der Waals surface area contributed by atoms with Gasteiger partial charge in [-0.15, -0.1) is 0 Å². The third kappa shape index (κ3) is 3.14. The largest absolute Gasteiger partial charge is 0.325 e. The van der Waals surface area contributed by atoms with E-state index in [-0.39, 0.29) is 23.9 Å². The Kier molecular flexibility index (Phi) is 4.10. The summed E-state index contributed by atoms with van der Waals surface area (Å²) in [6, 6.07) is 7.47. The zero-order valence-electron chi connectivity index (χ0n) is 15.0. The summed E-state index contributed by atoms with van der Waals surface area (Å²) in [6.07, 6.45) is 2.98. The van der Waals surface area contributed by atoms with Gasteiger partial charge in [-0.1, -0.05) is 45.0 Å². The molecule has 1 atom stereocenters. The zero-order chi connectivity index (χ0) is 18.2. The van der Waals surface area contributed by atoms with Gasteiger partial charge in [-0.2, -0.15) is 5.10 Å². The van der Waals surface area contributed by atoms with Crippen molar-refractivity contribution in [2.75, 3.05) is 6.54 Å².